The van der Waals surface area contributed by atoms with Crippen LogP contribution in [0, 0.1) is 0 Å². The summed E-state index contributed by atoms with van der Waals surface area (Å²) in [6.45, 7) is 0. The third-order valence-corrected chi connectivity index (χ3v) is 13.1. The standard InChI is InChI=1S/C59H37NO2/c1-4-15-40(16-5-1)59(41-17-6-2-7-18-41)50-25-12-10-21-46(50)47-34-33-44(37-51(47)59)60(42-19-8-3-9-20-42)43-31-27-38(28-32-43)45-23-14-24-49-57-54(62-58(45)49)36-30-39-29-35-53-56(55(39)57)48-22-11-13-26-52(48)61-53/h1-37H. The number of fused-ring (bicyclic) bond motifs is 12. The zero-order chi connectivity index (χ0) is 40.8. The molecule has 2 aromatic heterocycles. The molecule has 12 aromatic rings. The number of nitrogens with zero attached hydrogens (tertiary/aromatic N) is 1. The van der Waals surface area contributed by atoms with Crippen LogP contribution in [0.5, 0.6) is 0 Å². The van der Waals surface area contributed by atoms with Crippen molar-refractivity contribution in [2.75, 3.05) is 4.90 Å². The summed E-state index contributed by atoms with van der Waals surface area (Å²) in [5, 5.41) is 6.77. The SMILES string of the molecule is c1ccc(N(c2ccc(-c3cccc4c3oc3ccc5ccc6oc7ccccc7c6c5c34)cc2)c2ccc3c(c2)C(c2ccccc2)(c2ccccc2)c2ccccc2-3)cc1. The molecule has 10 aromatic carbocycles. The summed E-state index contributed by atoms with van der Waals surface area (Å²) in [4.78, 5) is 2.38. The quantitative estimate of drug-likeness (QED) is 0.168. The summed E-state index contributed by atoms with van der Waals surface area (Å²) in [6, 6.07) is 80.9. The Morgan fingerprint density at radius 2 is 0.903 bits per heavy atom. The molecule has 2 heterocycles. The van der Waals surface area contributed by atoms with Gasteiger partial charge in [-0.2, -0.15) is 0 Å². The summed E-state index contributed by atoms with van der Waals surface area (Å²) in [7, 11) is 0. The molecule has 0 saturated carbocycles. The molecule has 1 aliphatic carbocycles. The first-order valence-corrected chi connectivity index (χ1v) is 21.2. The maximum atomic E-state index is 6.82. The number of hydrogen-bond acceptors (Lipinski definition) is 3. The predicted molar refractivity (Wildman–Crippen MR) is 256 cm³/mol. The van der Waals surface area contributed by atoms with Crippen molar-refractivity contribution in [3.05, 3.63) is 247 Å². The van der Waals surface area contributed by atoms with Gasteiger partial charge in [-0.1, -0.05) is 170 Å². The van der Waals surface area contributed by atoms with E-state index in [4.69, 9.17) is 8.83 Å². The normalized spacial score (nSPS) is 13.0. The number of para-hydroxylation sites is 3. The highest BCUT2D eigenvalue weighted by atomic mass is 16.3. The number of furan rings is 2. The first-order valence-electron chi connectivity index (χ1n) is 21.2. The molecule has 62 heavy (non-hydrogen) atoms. The second-order valence-corrected chi connectivity index (χ2v) is 16.3. The number of anilines is 3. The monoisotopic (exact) mass is 791 g/mol. The van der Waals surface area contributed by atoms with Crippen LogP contribution in [0.1, 0.15) is 22.3 Å². The van der Waals surface area contributed by atoms with Crippen LogP contribution in [0.15, 0.2) is 233 Å². The van der Waals surface area contributed by atoms with Gasteiger partial charge in [0.25, 0.3) is 0 Å². The molecule has 0 N–H and O–H groups in total. The first kappa shape index (κ1) is 34.7. The zero-order valence-corrected chi connectivity index (χ0v) is 33.6. The molecule has 290 valence electrons. The van der Waals surface area contributed by atoms with Crippen molar-refractivity contribution < 1.29 is 8.83 Å². The molecule has 0 fully saturated rings. The van der Waals surface area contributed by atoms with Crippen molar-refractivity contribution in [2.45, 2.75) is 5.41 Å². The maximum Gasteiger partial charge on any atom is 0.143 e. The highest BCUT2D eigenvalue weighted by Gasteiger charge is 2.46. The zero-order valence-electron chi connectivity index (χ0n) is 33.6. The average Bonchev–Trinajstić information content (AvgIpc) is 4.01. The van der Waals surface area contributed by atoms with Gasteiger partial charge in [-0.25, -0.2) is 0 Å². The lowest BCUT2D eigenvalue weighted by atomic mass is 9.67. The Morgan fingerprint density at radius 3 is 1.66 bits per heavy atom. The van der Waals surface area contributed by atoms with Crippen LogP contribution in [0.4, 0.5) is 17.1 Å². The Kier molecular flexibility index (Phi) is 7.52. The largest absolute Gasteiger partial charge is 0.456 e. The molecule has 1 aliphatic rings. The van der Waals surface area contributed by atoms with Crippen molar-refractivity contribution in [1.82, 2.24) is 0 Å². The second-order valence-electron chi connectivity index (χ2n) is 16.3. The van der Waals surface area contributed by atoms with E-state index in [0.717, 1.165) is 82.8 Å². The molecule has 0 unspecified atom stereocenters. The minimum atomic E-state index is -0.496. The fraction of sp³-hybridized carbons (Fsp3) is 0.0169. The van der Waals surface area contributed by atoms with Crippen molar-refractivity contribution in [3.8, 4) is 22.3 Å². The van der Waals surface area contributed by atoms with Gasteiger partial charge in [0.05, 0.1) is 5.41 Å². The summed E-state index contributed by atoms with van der Waals surface area (Å²) in [6.07, 6.45) is 0. The fourth-order valence-electron chi connectivity index (χ4n) is 10.5. The van der Waals surface area contributed by atoms with Crippen LogP contribution in [0.3, 0.4) is 0 Å². The lowest BCUT2D eigenvalue weighted by Gasteiger charge is -2.35. The molecule has 0 saturated heterocycles. The van der Waals surface area contributed by atoms with E-state index in [1.807, 2.05) is 12.1 Å². The minimum Gasteiger partial charge on any atom is -0.456 e. The van der Waals surface area contributed by atoms with Crippen LogP contribution < -0.4 is 4.90 Å². The number of benzene rings is 10. The molecule has 3 heteroatoms. The van der Waals surface area contributed by atoms with Gasteiger partial charge < -0.3 is 13.7 Å². The molecule has 3 nitrogen and oxygen atoms in total. The fourth-order valence-corrected chi connectivity index (χ4v) is 10.5. The maximum absolute atomic E-state index is 6.82. The van der Waals surface area contributed by atoms with Crippen molar-refractivity contribution >= 4 is 71.7 Å². The minimum absolute atomic E-state index is 0.496. The summed E-state index contributed by atoms with van der Waals surface area (Å²) in [5.41, 5.74) is 16.0. The molecule has 0 amide bonds. The summed E-state index contributed by atoms with van der Waals surface area (Å²) in [5.74, 6) is 0. The summed E-state index contributed by atoms with van der Waals surface area (Å²) < 4.78 is 13.2. The van der Waals surface area contributed by atoms with Gasteiger partial charge in [0, 0.05) is 49.6 Å². The van der Waals surface area contributed by atoms with E-state index in [0.29, 0.717) is 0 Å². The summed E-state index contributed by atoms with van der Waals surface area (Å²) >= 11 is 0. The molecule has 0 atom stereocenters. The predicted octanol–water partition coefficient (Wildman–Crippen LogP) is 16.1. The highest BCUT2D eigenvalue weighted by molar-refractivity contribution is 6.31. The molecule has 0 spiro atoms. The lowest BCUT2D eigenvalue weighted by Crippen LogP contribution is -2.28. The van der Waals surface area contributed by atoms with Gasteiger partial charge in [-0.15, -0.1) is 0 Å². The average molecular weight is 792 g/mol. The van der Waals surface area contributed by atoms with Gasteiger partial charge in [0.2, 0.25) is 0 Å². The van der Waals surface area contributed by atoms with Crippen LogP contribution in [-0.4, -0.2) is 0 Å². The van der Waals surface area contributed by atoms with Gasteiger partial charge >= 0.3 is 0 Å². The molecular formula is C59H37NO2. The van der Waals surface area contributed by atoms with E-state index in [-0.39, 0.29) is 0 Å². The van der Waals surface area contributed by atoms with E-state index in [1.165, 1.54) is 33.4 Å². The van der Waals surface area contributed by atoms with Gasteiger partial charge in [0.1, 0.15) is 22.3 Å². The van der Waals surface area contributed by atoms with Crippen molar-refractivity contribution in [3.63, 3.8) is 0 Å². The van der Waals surface area contributed by atoms with Gasteiger partial charge in [-0.3, -0.25) is 0 Å². The van der Waals surface area contributed by atoms with Crippen LogP contribution in [0.2, 0.25) is 0 Å². The van der Waals surface area contributed by atoms with E-state index in [1.54, 1.807) is 0 Å². The number of hydrogen-bond donors (Lipinski definition) is 0. The Bertz CT molecular complexity index is 3640. The van der Waals surface area contributed by atoms with Crippen LogP contribution in [-0.2, 0) is 5.41 Å². The van der Waals surface area contributed by atoms with Crippen LogP contribution >= 0.6 is 0 Å². The van der Waals surface area contributed by atoms with Gasteiger partial charge in [0.15, 0.2) is 0 Å². The Labute approximate surface area is 358 Å². The number of rotatable bonds is 6. The van der Waals surface area contributed by atoms with Crippen molar-refractivity contribution in [2.24, 2.45) is 0 Å². The van der Waals surface area contributed by atoms with Crippen molar-refractivity contribution in [1.29, 1.82) is 0 Å². The van der Waals surface area contributed by atoms with E-state index in [9.17, 15) is 0 Å². The lowest BCUT2D eigenvalue weighted by molar-refractivity contribution is 0.669. The Balaban J connectivity index is 0.974. The van der Waals surface area contributed by atoms with Crippen LogP contribution in [0.25, 0.3) is 76.9 Å². The molecular weight excluding hydrogens is 755 g/mol. The molecule has 0 aliphatic heterocycles. The highest BCUT2D eigenvalue weighted by Crippen LogP contribution is 2.57. The van der Waals surface area contributed by atoms with E-state index < -0.39 is 5.41 Å². The van der Waals surface area contributed by atoms with E-state index >= 15 is 0 Å². The topological polar surface area (TPSA) is 29.5 Å². The van der Waals surface area contributed by atoms with Gasteiger partial charge in [-0.05, 0) is 98.9 Å². The Hall–Kier alpha value is -8.14. The Morgan fingerprint density at radius 1 is 0.339 bits per heavy atom. The third-order valence-electron chi connectivity index (χ3n) is 13.1. The van der Waals surface area contributed by atoms with E-state index in [2.05, 4.69) is 217 Å². The first-order chi connectivity index (χ1) is 30.8. The third kappa shape index (κ3) is 4.94. The molecule has 0 bridgehead atoms. The molecule has 0 radical (unpaired) electrons. The smallest absolute Gasteiger partial charge is 0.143 e. The molecule has 13 rings (SSSR count). The second kappa shape index (κ2) is 13.4.